The lowest BCUT2D eigenvalue weighted by molar-refractivity contribution is -0.116. The van der Waals surface area contributed by atoms with E-state index in [1.165, 1.54) is 16.4 Å². The summed E-state index contributed by atoms with van der Waals surface area (Å²) in [6.07, 6.45) is 4.58. The highest BCUT2D eigenvalue weighted by atomic mass is 35.5. The molecule has 5 nitrogen and oxygen atoms in total. The molecule has 2 aromatic carbocycles. The van der Waals surface area contributed by atoms with Gasteiger partial charge in [0.1, 0.15) is 0 Å². The van der Waals surface area contributed by atoms with E-state index >= 15 is 0 Å². The topological polar surface area (TPSA) is 66.5 Å². The SMILES string of the molecule is O=C(CN(C1CCCCC1)S(=O)(=O)c1ccc(Cl)cc1)Nc1ccccc1. The normalized spacial score (nSPS) is 15.6. The lowest BCUT2D eigenvalue weighted by atomic mass is 9.95. The van der Waals surface area contributed by atoms with Crippen LogP contribution in [-0.2, 0) is 14.8 Å². The fourth-order valence-corrected chi connectivity index (χ4v) is 5.15. The highest BCUT2D eigenvalue weighted by Crippen LogP contribution is 2.28. The highest BCUT2D eigenvalue weighted by molar-refractivity contribution is 7.89. The monoisotopic (exact) mass is 406 g/mol. The van der Waals surface area contributed by atoms with Gasteiger partial charge in [-0.1, -0.05) is 49.1 Å². The number of rotatable bonds is 6. The summed E-state index contributed by atoms with van der Waals surface area (Å²) in [6, 6.07) is 15.0. The number of carbonyl (C=O) groups is 1. The van der Waals surface area contributed by atoms with Gasteiger partial charge in [-0.2, -0.15) is 4.31 Å². The molecular formula is C20H23ClN2O3S. The van der Waals surface area contributed by atoms with Crippen molar-refractivity contribution in [3.05, 3.63) is 59.6 Å². The van der Waals surface area contributed by atoms with E-state index in [4.69, 9.17) is 11.6 Å². The molecule has 3 rings (SSSR count). The van der Waals surface area contributed by atoms with Gasteiger partial charge in [0.2, 0.25) is 15.9 Å². The molecule has 7 heteroatoms. The predicted octanol–water partition coefficient (Wildman–Crippen LogP) is 4.30. The number of hydrogen-bond donors (Lipinski definition) is 1. The summed E-state index contributed by atoms with van der Waals surface area (Å²) >= 11 is 5.89. The summed E-state index contributed by atoms with van der Waals surface area (Å²) < 4.78 is 27.8. The summed E-state index contributed by atoms with van der Waals surface area (Å²) in [4.78, 5) is 12.7. The molecule has 1 aliphatic rings. The van der Waals surface area contributed by atoms with E-state index in [0.717, 1.165) is 32.1 Å². The Morgan fingerprint density at radius 1 is 1.00 bits per heavy atom. The van der Waals surface area contributed by atoms with Gasteiger partial charge in [0, 0.05) is 16.8 Å². The third kappa shape index (κ3) is 5.09. The molecule has 0 aliphatic heterocycles. The van der Waals surface area contributed by atoms with Gasteiger partial charge in [0.25, 0.3) is 0 Å². The summed E-state index contributed by atoms with van der Waals surface area (Å²) in [7, 11) is -3.79. The Hall–Kier alpha value is -1.89. The molecule has 27 heavy (non-hydrogen) atoms. The van der Waals surface area contributed by atoms with Crippen LogP contribution in [0.1, 0.15) is 32.1 Å². The van der Waals surface area contributed by atoms with Crippen LogP contribution in [0, 0.1) is 0 Å². The Balaban J connectivity index is 1.84. The third-order valence-corrected chi connectivity index (χ3v) is 6.92. The zero-order chi connectivity index (χ0) is 19.3. The first-order valence-electron chi connectivity index (χ1n) is 9.09. The van der Waals surface area contributed by atoms with E-state index in [1.807, 2.05) is 18.2 Å². The van der Waals surface area contributed by atoms with Crippen molar-refractivity contribution in [2.75, 3.05) is 11.9 Å². The highest BCUT2D eigenvalue weighted by Gasteiger charge is 2.33. The minimum atomic E-state index is -3.79. The number of para-hydroxylation sites is 1. The van der Waals surface area contributed by atoms with E-state index in [0.29, 0.717) is 10.7 Å². The van der Waals surface area contributed by atoms with E-state index < -0.39 is 10.0 Å². The Labute approximate surface area is 165 Å². The fraction of sp³-hybridized carbons (Fsp3) is 0.350. The minimum Gasteiger partial charge on any atom is -0.325 e. The Morgan fingerprint density at radius 3 is 2.26 bits per heavy atom. The molecule has 1 saturated carbocycles. The molecule has 0 heterocycles. The average molecular weight is 407 g/mol. The summed E-state index contributed by atoms with van der Waals surface area (Å²) in [5.74, 6) is -0.343. The second kappa shape index (κ2) is 8.87. The van der Waals surface area contributed by atoms with Crippen molar-refractivity contribution in [1.82, 2.24) is 4.31 Å². The molecule has 0 spiro atoms. The molecule has 144 valence electrons. The zero-order valence-electron chi connectivity index (χ0n) is 15.0. The summed E-state index contributed by atoms with van der Waals surface area (Å²) in [6.45, 7) is -0.204. The van der Waals surface area contributed by atoms with Crippen LogP contribution < -0.4 is 5.32 Å². The third-order valence-electron chi connectivity index (χ3n) is 4.76. The first-order valence-corrected chi connectivity index (χ1v) is 10.9. The summed E-state index contributed by atoms with van der Waals surface area (Å²) in [5.41, 5.74) is 0.648. The van der Waals surface area contributed by atoms with Gasteiger partial charge < -0.3 is 5.32 Å². The van der Waals surface area contributed by atoms with Crippen LogP contribution in [0.5, 0.6) is 0 Å². The molecule has 0 aromatic heterocycles. The molecule has 0 atom stereocenters. The molecule has 0 radical (unpaired) electrons. The van der Waals surface area contributed by atoms with Crippen LogP contribution in [0.3, 0.4) is 0 Å². The zero-order valence-corrected chi connectivity index (χ0v) is 16.5. The van der Waals surface area contributed by atoms with Gasteiger partial charge in [0.05, 0.1) is 11.4 Å². The number of anilines is 1. The van der Waals surface area contributed by atoms with Gasteiger partial charge >= 0.3 is 0 Å². The molecule has 1 aliphatic carbocycles. The number of halogens is 1. The maximum Gasteiger partial charge on any atom is 0.243 e. The molecule has 1 N–H and O–H groups in total. The standard InChI is InChI=1S/C20H23ClN2O3S/c21-16-11-13-19(14-12-16)27(25,26)23(18-9-5-2-6-10-18)15-20(24)22-17-7-3-1-4-8-17/h1,3-4,7-8,11-14,18H,2,5-6,9-10,15H2,(H,22,24). The van der Waals surface area contributed by atoms with Crippen molar-refractivity contribution in [3.63, 3.8) is 0 Å². The Kier molecular flexibility index (Phi) is 6.52. The molecular weight excluding hydrogens is 384 g/mol. The van der Waals surface area contributed by atoms with Gasteiger partial charge in [-0.05, 0) is 49.2 Å². The predicted molar refractivity (Wildman–Crippen MR) is 107 cm³/mol. The largest absolute Gasteiger partial charge is 0.325 e. The fourth-order valence-electron chi connectivity index (χ4n) is 3.38. The van der Waals surface area contributed by atoms with Gasteiger partial charge in [-0.25, -0.2) is 8.42 Å². The van der Waals surface area contributed by atoms with Crippen molar-refractivity contribution in [2.24, 2.45) is 0 Å². The van der Waals surface area contributed by atoms with Crippen molar-refractivity contribution in [1.29, 1.82) is 0 Å². The quantitative estimate of drug-likeness (QED) is 0.777. The van der Waals surface area contributed by atoms with Gasteiger partial charge in [0.15, 0.2) is 0 Å². The molecule has 0 unspecified atom stereocenters. The van der Waals surface area contributed by atoms with E-state index in [-0.39, 0.29) is 23.4 Å². The molecule has 2 aromatic rings. The number of amides is 1. The van der Waals surface area contributed by atoms with Crippen molar-refractivity contribution in [2.45, 2.75) is 43.0 Å². The number of nitrogens with zero attached hydrogens (tertiary/aromatic N) is 1. The van der Waals surface area contributed by atoms with Gasteiger partial charge in [-0.15, -0.1) is 0 Å². The number of nitrogens with one attached hydrogen (secondary N) is 1. The van der Waals surface area contributed by atoms with Crippen LogP contribution in [0.4, 0.5) is 5.69 Å². The van der Waals surface area contributed by atoms with Crippen molar-refractivity contribution < 1.29 is 13.2 Å². The van der Waals surface area contributed by atoms with E-state index in [9.17, 15) is 13.2 Å². The maximum absolute atomic E-state index is 13.2. The van der Waals surface area contributed by atoms with Crippen LogP contribution in [0.25, 0.3) is 0 Å². The van der Waals surface area contributed by atoms with Crippen LogP contribution >= 0.6 is 11.6 Å². The number of benzene rings is 2. The first kappa shape index (κ1) is 19.9. The van der Waals surface area contributed by atoms with Crippen LogP contribution in [0.2, 0.25) is 5.02 Å². The average Bonchev–Trinajstić information content (AvgIpc) is 2.68. The number of sulfonamides is 1. The molecule has 0 bridgehead atoms. The van der Waals surface area contributed by atoms with Gasteiger partial charge in [-0.3, -0.25) is 4.79 Å². The van der Waals surface area contributed by atoms with Crippen LogP contribution in [-0.4, -0.2) is 31.2 Å². The first-order chi connectivity index (χ1) is 13.0. The van der Waals surface area contributed by atoms with Crippen molar-refractivity contribution >= 4 is 33.2 Å². The lowest BCUT2D eigenvalue weighted by Crippen LogP contribution is -2.45. The number of hydrogen-bond acceptors (Lipinski definition) is 3. The number of carbonyl (C=O) groups excluding carboxylic acids is 1. The summed E-state index contributed by atoms with van der Waals surface area (Å²) in [5, 5.41) is 3.25. The smallest absolute Gasteiger partial charge is 0.243 e. The maximum atomic E-state index is 13.2. The molecule has 0 saturated heterocycles. The molecule has 1 amide bonds. The van der Waals surface area contributed by atoms with E-state index in [2.05, 4.69) is 5.32 Å². The lowest BCUT2D eigenvalue weighted by Gasteiger charge is -2.33. The van der Waals surface area contributed by atoms with E-state index in [1.54, 1.807) is 24.3 Å². The second-order valence-corrected chi connectivity index (χ2v) is 9.04. The van der Waals surface area contributed by atoms with Crippen molar-refractivity contribution in [3.8, 4) is 0 Å². The molecule has 1 fully saturated rings. The Morgan fingerprint density at radius 2 is 1.63 bits per heavy atom. The second-order valence-electron chi connectivity index (χ2n) is 6.71. The Bertz CT molecular complexity index is 864. The minimum absolute atomic E-state index is 0.157. The van der Waals surface area contributed by atoms with Crippen LogP contribution in [0.15, 0.2) is 59.5 Å².